The number of hydrogen-bond donors (Lipinski definition) is 2. The molecule has 0 aliphatic rings. The molecule has 2 N–H and O–H groups in total. The highest BCUT2D eigenvalue weighted by atomic mass is 19.4. The number of ether oxygens (including phenoxy) is 1. The minimum absolute atomic E-state index is 0.0615. The van der Waals surface area contributed by atoms with Gasteiger partial charge in [-0.3, -0.25) is 4.99 Å². The van der Waals surface area contributed by atoms with Crippen molar-refractivity contribution in [3.05, 3.63) is 59.3 Å². The Hall–Kier alpha value is -2.55. The van der Waals surface area contributed by atoms with Gasteiger partial charge in [-0.25, -0.2) is 4.39 Å². The van der Waals surface area contributed by atoms with Crippen LogP contribution in [0.15, 0.2) is 46.0 Å². The topological polar surface area (TPSA) is 58.8 Å². The molecule has 0 bridgehead atoms. The summed E-state index contributed by atoms with van der Waals surface area (Å²) in [6, 6.07) is 6.19. The monoisotopic (exact) mass is 387 g/mol. The number of nitrogens with zero attached hydrogens (tertiary/aromatic N) is 1. The number of hydrogen-bond acceptors (Lipinski definition) is 3. The average Bonchev–Trinajstić information content (AvgIpc) is 3.14. The fourth-order valence-corrected chi connectivity index (χ4v) is 2.31. The molecule has 0 spiro atoms. The lowest BCUT2D eigenvalue weighted by Crippen LogP contribution is -2.38. The highest BCUT2D eigenvalue weighted by molar-refractivity contribution is 5.79. The van der Waals surface area contributed by atoms with E-state index in [0.29, 0.717) is 38.2 Å². The number of alkyl halides is 3. The summed E-state index contributed by atoms with van der Waals surface area (Å²) >= 11 is 0. The van der Waals surface area contributed by atoms with Crippen LogP contribution in [0.2, 0.25) is 0 Å². The van der Waals surface area contributed by atoms with Crippen LogP contribution in [0, 0.1) is 5.82 Å². The second-order valence-electron chi connectivity index (χ2n) is 5.64. The summed E-state index contributed by atoms with van der Waals surface area (Å²) < 4.78 is 62.7. The van der Waals surface area contributed by atoms with Crippen molar-refractivity contribution < 1.29 is 26.7 Å². The van der Waals surface area contributed by atoms with Gasteiger partial charge in [-0.2, -0.15) is 13.2 Å². The van der Waals surface area contributed by atoms with Crippen LogP contribution in [0.3, 0.4) is 0 Å². The minimum atomic E-state index is -4.62. The predicted octanol–water partition coefficient (Wildman–Crippen LogP) is 3.71. The van der Waals surface area contributed by atoms with Gasteiger partial charge >= 0.3 is 6.18 Å². The Morgan fingerprint density at radius 1 is 1.22 bits per heavy atom. The summed E-state index contributed by atoms with van der Waals surface area (Å²) in [6.45, 7) is 1.25. The van der Waals surface area contributed by atoms with Gasteiger partial charge < -0.3 is 19.8 Å². The number of halogens is 4. The van der Waals surface area contributed by atoms with Gasteiger partial charge in [0.15, 0.2) is 5.96 Å². The van der Waals surface area contributed by atoms with Gasteiger partial charge in [-0.1, -0.05) is 6.07 Å². The van der Waals surface area contributed by atoms with Crippen molar-refractivity contribution in [3.63, 3.8) is 0 Å². The second kappa shape index (κ2) is 9.96. The van der Waals surface area contributed by atoms with Crippen molar-refractivity contribution in [1.82, 2.24) is 10.6 Å². The van der Waals surface area contributed by atoms with Crippen molar-refractivity contribution in [3.8, 4) is 0 Å². The summed E-state index contributed by atoms with van der Waals surface area (Å²) in [7, 11) is 1.51. The molecule has 1 heterocycles. The van der Waals surface area contributed by atoms with E-state index in [1.165, 1.54) is 7.05 Å². The number of benzene rings is 1. The third-order valence-corrected chi connectivity index (χ3v) is 3.63. The van der Waals surface area contributed by atoms with E-state index in [9.17, 15) is 17.6 Å². The maximum atomic E-state index is 13.1. The summed E-state index contributed by atoms with van der Waals surface area (Å²) in [5.41, 5.74) is -1.06. The Kier molecular flexibility index (Phi) is 7.66. The van der Waals surface area contributed by atoms with Gasteiger partial charge in [-0.15, -0.1) is 0 Å². The third-order valence-electron chi connectivity index (χ3n) is 3.63. The molecule has 0 fully saturated rings. The molecule has 0 saturated carbocycles. The molecule has 0 saturated heterocycles. The van der Waals surface area contributed by atoms with E-state index in [-0.39, 0.29) is 12.1 Å². The minimum Gasteiger partial charge on any atom is -0.467 e. The van der Waals surface area contributed by atoms with Crippen molar-refractivity contribution in [2.45, 2.75) is 25.7 Å². The van der Waals surface area contributed by atoms with E-state index >= 15 is 0 Å². The Balaban J connectivity index is 1.74. The van der Waals surface area contributed by atoms with E-state index in [2.05, 4.69) is 15.6 Å². The summed E-state index contributed by atoms with van der Waals surface area (Å²) in [5.74, 6) is 0.154. The first-order valence-corrected chi connectivity index (χ1v) is 8.30. The maximum absolute atomic E-state index is 13.1. The summed E-state index contributed by atoms with van der Waals surface area (Å²) in [5, 5.41) is 5.77. The number of guanidine groups is 1. The Bertz CT molecular complexity index is 731. The van der Waals surface area contributed by atoms with Crippen LogP contribution >= 0.6 is 0 Å². The molecular formula is C18H21F4N3O2. The van der Waals surface area contributed by atoms with Crippen LogP contribution in [0.4, 0.5) is 17.6 Å². The fourth-order valence-electron chi connectivity index (χ4n) is 2.31. The molecule has 0 radical (unpaired) electrons. The van der Waals surface area contributed by atoms with Crippen LogP contribution < -0.4 is 10.6 Å². The first-order chi connectivity index (χ1) is 12.9. The highest BCUT2D eigenvalue weighted by Gasteiger charge is 2.33. The van der Waals surface area contributed by atoms with Gasteiger partial charge in [-0.05, 0) is 36.2 Å². The van der Waals surface area contributed by atoms with Gasteiger partial charge in [0.2, 0.25) is 0 Å². The molecule has 1 aromatic heterocycles. The molecule has 2 rings (SSSR count). The Morgan fingerprint density at radius 2 is 2.04 bits per heavy atom. The number of nitrogens with one attached hydrogen (secondary N) is 2. The third kappa shape index (κ3) is 6.93. The first-order valence-electron chi connectivity index (χ1n) is 8.30. The zero-order valence-electron chi connectivity index (χ0n) is 14.8. The van der Waals surface area contributed by atoms with Gasteiger partial charge in [0, 0.05) is 26.7 Å². The standard InChI is InChI=1S/C18H21F4N3O2/c1-23-17(24-7-3-8-26-12-15-4-2-9-27-15)25-11-13-5-6-14(19)10-16(13)18(20,21)22/h2,4-6,9-10H,3,7-8,11-12H2,1H3,(H2,23,24,25). The van der Waals surface area contributed by atoms with E-state index in [1.54, 1.807) is 12.3 Å². The van der Waals surface area contributed by atoms with E-state index < -0.39 is 17.6 Å². The lowest BCUT2D eigenvalue weighted by atomic mass is 10.1. The molecule has 0 amide bonds. The Morgan fingerprint density at radius 3 is 2.70 bits per heavy atom. The van der Waals surface area contributed by atoms with Gasteiger partial charge in [0.1, 0.15) is 18.2 Å². The molecule has 0 unspecified atom stereocenters. The number of rotatable bonds is 8. The van der Waals surface area contributed by atoms with E-state index in [4.69, 9.17) is 9.15 Å². The number of aliphatic imine (C=N–C) groups is 1. The fraction of sp³-hybridized carbons (Fsp3) is 0.389. The van der Waals surface area contributed by atoms with Crippen LogP contribution in [0.25, 0.3) is 0 Å². The molecule has 0 aliphatic carbocycles. The summed E-state index contributed by atoms with van der Waals surface area (Å²) in [4.78, 5) is 3.95. The SMILES string of the molecule is CN=C(NCCCOCc1ccco1)NCc1ccc(F)cc1C(F)(F)F. The van der Waals surface area contributed by atoms with Crippen LogP contribution in [-0.4, -0.2) is 26.2 Å². The van der Waals surface area contributed by atoms with Crippen molar-refractivity contribution in [2.24, 2.45) is 4.99 Å². The lowest BCUT2D eigenvalue weighted by Gasteiger charge is -2.16. The van der Waals surface area contributed by atoms with Gasteiger partial charge in [0.25, 0.3) is 0 Å². The Labute approximate surface area is 154 Å². The zero-order chi connectivity index (χ0) is 19.7. The largest absolute Gasteiger partial charge is 0.467 e. The van der Waals surface area contributed by atoms with Crippen molar-refractivity contribution in [1.29, 1.82) is 0 Å². The quantitative estimate of drug-likeness (QED) is 0.314. The molecule has 27 heavy (non-hydrogen) atoms. The van der Waals surface area contributed by atoms with Gasteiger partial charge in [0.05, 0.1) is 11.8 Å². The van der Waals surface area contributed by atoms with Crippen LogP contribution in [-0.2, 0) is 24.1 Å². The first kappa shape index (κ1) is 20.8. The average molecular weight is 387 g/mol. The molecular weight excluding hydrogens is 366 g/mol. The normalized spacial score (nSPS) is 12.3. The molecule has 1 aromatic carbocycles. The maximum Gasteiger partial charge on any atom is 0.416 e. The van der Waals surface area contributed by atoms with Crippen molar-refractivity contribution in [2.75, 3.05) is 20.2 Å². The molecule has 2 aromatic rings. The summed E-state index contributed by atoms with van der Waals surface area (Å²) in [6.07, 6.45) is -2.38. The molecule has 5 nitrogen and oxygen atoms in total. The molecule has 9 heteroatoms. The number of furan rings is 1. The lowest BCUT2D eigenvalue weighted by molar-refractivity contribution is -0.138. The zero-order valence-corrected chi connectivity index (χ0v) is 14.8. The molecule has 0 aliphatic heterocycles. The second-order valence-corrected chi connectivity index (χ2v) is 5.64. The van der Waals surface area contributed by atoms with E-state index in [1.807, 2.05) is 6.07 Å². The molecule has 148 valence electrons. The highest BCUT2D eigenvalue weighted by Crippen LogP contribution is 2.32. The van der Waals surface area contributed by atoms with Crippen molar-refractivity contribution >= 4 is 5.96 Å². The smallest absolute Gasteiger partial charge is 0.416 e. The molecule has 0 atom stereocenters. The van der Waals surface area contributed by atoms with E-state index in [0.717, 1.165) is 17.9 Å². The van der Waals surface area contributed by atoms with Crippen LogP contribution in [0.1, 0.15) is 23.3 Å². The predicted molar refractivity (Wildman–Crippen MR) is 92.6 cm³/mol. The van der Waals surface area contributed by atoms with Crippen LogP contribution in [0.5, 0.6) is 0 Å².